The first-order chi connectivity index (χ1) is 11.9. The van der Waals surface area contributed by atoms with Crippen molar-refractivity contribution in [2.24, 2.45) is 7.05 Å². The van der Waals surface area contributed by atoms with Gasteiger partial charge >= 0.3 is 0 Å². The molecule has 0 spiro atoms. The number of amides is 1. The van der Waals surface area contributed by atoms with E-state index in [1.165, 1.54) is 0 Å². The monoisotopic (exact) mass is 364 g/mol. The first-order valence-electron chi connectivity index (χ1n) is 8.43. The Kier molecular flexibility index (Phi) is 5.10. The average Bonchev–Trinajstić information content (AvgIpc) is 3.11. The van der Waals surface area contributed by atoms with Crippen molar-refractivity contribution in [2.45, 2.75) is 25.4 Å². The summed E-state index contributed by atoms with van der Waals surface area (Å²) in [6, 6.07) is 7.88. The summed E-state index contributed by atoms with van der Waals surface area (Å²) in [6.07, 6.45) is 0.997. The van der Waals surface area contributed by atoms with E-state index in [0.29, 0.717) is 25.9 Å². The van der Waals surface area contributed by atoms with Gasteiger partial charge in [-0.05, 0) is 25.6 Å². The zero-order valence-electron chi connectivity index (χ0n) is 14.6. The van der Waals surface area contributed by atoms with Crippen molar-refractivity contribution in [3.63, 3.8) is 0 Å². The van der Waals surface area contributed by atoms with Gasteiger partial charge in [-0.15, -0.1) is 0 Å². The Morgan fingerprint density at radius 3 is 2.84 bits per heavy atom. The fraction of sp³-hybridized carbons (Fsp3) is 0.529. The summed E-state index contributed by atoms with van der Waals surface area (Å²) in [5.41, 5.74) is 1.95. The molecule has 1 aliphatic rings. The highest BCUT2D eigenvalue weighted by Crippen LogP contribution is 2.17. The minimum atomic E-state index is -2.90. The molecule has 1 amide bonds. The van der Waals surface area contributed by atoms with E-state index in [-0.39, 0.29) is 23.5 Å². The summed E-state index contributed by atoms with van der Waals surface area (Å²) in [6.45, 7) is 0.931. The topological polar surface area (TPSA) is 84.3 Å². The quantitative estimate of drug-likeness (QED) is 0.816. The number of fused-ring (bicyclic) bond motifs is 1. The first kappa shape index (κ1) is 17.9. The normalized spacial score (nSPS) is 19.6. The third-order valence-corrected chi connectivity index (χ3v) is 6.60. The highest BCUT2D eigenvalue weighted by Gasteiger charge is 2.30. The molecule has 25 heavy (non-hydrogen) atoms. The lowest BCUT2D eigenvalue weighted by molar-refractivity contribution is -0.121. The molecule has 0 unspecified atom stereocenters. The zero-order valence-corrected chi connectivity index (χ0v) is 15.4. The van der Waals surface area contributed by atoms with Crippen LogP contribution in [0.2, 0.25) is 0 Å². The number of carbonyl (C=O) groups is 1. The number of nitrogens with one attached hydrogen (secondary N) is 1. The second kappa shape index (κ2) is 7.13. The number of hydrogen-bond acceptors (Lipinski definition) is 5. The van der Waals surface area contributed by atoms with Gasteiger partial charge in [0, 0.05) is 26.1 Å². The van der Waals surface area contributed by atoms with Crippen LogP contribution in [0.25, 0.3) is 11.0 Å². The van der Waals surface area contributed by atoms with Crippen LogP contribution in [0.4, 0.5) is 0 Å². The summed E-state index contributed by atoms with van der Waals surface area (Å²) < 4.78 is 25.0. The molecule has 7 nitrogen and oxygen atoms in total. The molecule has 1 aromatic heterocycles. The largest absolute Gasteiger partial charge is 0.349 e. The van der Waals surface area contributed by atoms with Crippen LogP contribution in [-0.2, 0) is 28.2 Å². The molecule has 1 aromatic carbocycles. The molecular weight excluding hydrogens is 340 g/mol. The van der Waals surface area contributed by atoms with Gasteiger partial charge in [0.25, 0.3) is 0 Å². The lowest BCUT2D eigenvalue weighted by Crippen LogP contribution is -2.36. The predicted octanol–water partition coefficient (Wildman–Crippen LogP) is 0.698. The molecular formula is C17H24N4O3S. The maximum atomic E-state index is 12.1. The van der Waals surface area contributed by atoms with Crippen molar-refractivity contribution in [2.75, 3.05) is 25.1 Å². The molecule has 2 aromatic rings. The minimum absolute atomic E-state index is 0.0256. The molecule has 0 bridgehead atoms. The van der Waals surface area contributed by atoms with E-state index in [1.54, 1.807) is 0 Å². The molecule has 3 rings (SSSR count). The summed E-state index contributed by atoms with van der Waals surface area (Å²) in [4.78, 5) is 18.6. The highest BCUT2D eigenvalue weighted by atomic mass is 32.2. The number of aromatic nitrogens is 2. The van der Waals surface area contributed by atoms with Gasteiger partial charge in [-0.1, -0.05) is 12.1 Å². The van der Waals surface area contributed by atoms with Crippen LogP contribution in [0.3, 0.4) is 0 Å². The average molecular weight is 364 g/mol. The standard InChI is InChI=1S/C17H24N4O3S/c1-20(13-8-10-25(23,24)12-13)9-7-17(22)18-11-16-19-14-5-3-4-6-15(14)21(16)2/h3-6,13H,7-12H2,1-2H3,(H,18,22)/t13-/m0/s1. The van der Waals surface area contributed by atoms with E-state index in [0.717, 1.165) is 16.9 Å². The van der Waals surface area contributed by atoms with Gasteiger partial charge in [-0.2, -0.15) is 0 Å². The molecule has 1 fully saturated rings. The number of carbonyl (C=O) groups excluding carboxylic acids is 1. The molecule has 1 N–H and O–H groups in total. The van der Waals surface area contributed by atoms with Crippen LogP contribution < -0.4 is 5.32 Å². The summed E-state index contributed by atoms with van der Waals surface area (Å²) >= 11 is 0. The van der Waals surface area contributed by atoms with Gasteiger partial charge in [-0.25, -0.2) is 13.4 Å². The number of rotatable bonds is 6. The maximum absolute atomic E-state index is 12.1. The van der Waals surface area contributed by atoms with Gasteiger partial charge in [0.15, 0.2) is 9.84 Å². The number of para-hydroxylation sites is 2. The zero-order chi connectivity index (χ0) is 18.0. The van der Waals surface area contributed by atoms with Crippen molar-refractivity contribution >= 4 is 26.8 Å². The van der Waals surface area contributed by atoms with Crippen LogP contribution in [0, 0.1) is 0 Å². The Bertz CT molecular complexity index is 875. The van der Waals surface area contributed by atoms with Crippen molar-refractivity contribution in [3.05, 3.63) is 30.1 Å². The minimum Gasteiger partial charge on any atom is -0.349 e. The van der Waals surface area contributed by atoms with Gasteiger partial charge in [0.05, 0.1) is 29.1 Å². The van der Waals surface area contributed by atoms with Gasteiger partial charge in [0.1, 0.15) is 5.82 Å². The summed E-state index contributed by atoms with van der Waals surface area (Å²) in [5.74, 6) is 1.20. The van der Waals surface area contributed by atoms with Crippen molar-refractivity contribution in [3.8, 4) is 0 Å². The lowest BCUT2D eigenvalue weighted by Gasteiger charge is -2.22. The number of nitrogens with zero attached hydrogens (tertiary/aromatic N) is 3. The van der Waals surface area contributed by atoms with E-state index in [4.69, 9.17) is 0 Å². The molecule has 0 aliphatic carbocycles. The molecule has 1 saturated heterocycles. The Morgan fingerprint density at radius 1 is 1.40 bits per heavy atom. The van der Waals surface area contributed by atoms with Gasteiger partial charge in [-0.3, -0.25) is 4.79 Å². The second-order valence-corrected chi connectivity index (χ2v) is 8.87. The molecule has 1 aliphatic heterocycles. The van der Waals surface area contributed by atoms with Crippen LogP contribution in [0.5, 0.6) is 0 Å². The molecule has 1 atom stereocenters. The number of aryl methyl sites for hydroxylation is 1. The third kappa shape index (κ3) is 4.19. The Labute approximate surface area is 147 Å². The second-order valence-electron chi connectivity index (χ2n) is 6.64. The van der Waals surface area contributed by atoms with E-state index in [9.17, 15) is 13.2 Å². The Morgan fingerprint density at radius 2 is 2.16 bits per heavy atom. The predicted molar refractivity (Wildman–Crippen MR) is 96.9 cm³/mol. The molecule has 136 valence electrons. The van der Waals surface area contributed by atoms with Gasteiger partial charge in [0.2, 0.25) is 5.91 Å². The van der Waals surface area contributed by atoms with Crippen molar-refractivity contribution in [1.29, 1.82) is 0 Å². The molecule has 0 radical (unpaired) electrons. The molecule has 8 heteroatoms. The fourth-order valence-corrected chi connectivity index (χ4v) is 5.01. The van der Waals surface area contributed by atoms with E-state index in [2.05, 4.69) is 10.3 Å². The van der Waals surface area contributed by atoms with Crippen LogP contribution in [0.1, 0.15) is 18.7 Å². The number of benzene rings is 1. The lowest BCUT2D eigenvalue weighted by atomic mass is 10.2. The summed E-state index contributed by atoms with van der Waals surface area (Å²) in [5, 5.41) is 2.90. The van der Waals surface area contributed by atoms with Crippen LogP contribution in [0.15, 0.2) is 24.3 Å². The van der Waals surface area contributed by atoms with Crippen LogP contribution >= 0.6 is 0 Å². The Hall–Kier alpha value is -1.93. The van der Waals surface area contributed by atoms with E-state index in [1.807, 2.05) is 47.8 Å². The smallest absolute Gasteiger partial charge is 0.221 e. The van der Waals surface area contributed by atoms with Crippen molar-refractivity contribution in [1.82, 2.24) is 19.8 Å². The number of sulfone groups is 1. The summed E-state index contributed by atoms with van der Waals surface area (Å²) in [7, 11) is 0.919. The highest BCUT2D eigenvalue weighted by molar-refractivity contribution is 7.91. The van der Waals surface area contributed by atoms with E-state index < -0.39 is 9.84 Å². The third-order valence-electron chi connectivity index (χ3n) is 4.85. The number of imidazole rings is 1. The number of hydrogen-bond donors (Lipinski definition) is 1. The van der Waals surface area contributed by atoms with Crippen LogP contribution in [-0.4, -0.2) is 59.9 Å². The Balaban J connectivity index is 1.48. The molecule has 2 heterocycles. The van der Waals surface area contributed by atoms with Gasteiger partial charge < -0.3 is 14.8 Å². The first-order valence-corrected chi connectivity index (χ1v) is 10.3. The van der Waals surface area contributed by atoms with E-state index >= 15 is 0 Å². The van der Waals surface area contributed by atoms with Crippen molar-refractivity contribution < 1.29 is 13.2 Å². The fourth-order valence-electron chi connectivity index (χ4n) is 3.20. The SMILES string of the molecule is CN(CCC(=O)NCc1nc2ccccc2n1C)[C@H]1CCS(=O)(=O)C1. The maximum Gasteiger partial charge on any atom is 0.221 e. The molecule has 0 saturated carbocycles.